The molecule has 6 heteroatoms. The van der Waals surface area contributed by atoms with Gasteiger partial charge in [0.1, 0.15) is 6.10 Å². The van der Waals surface area contributed by atoms with Gasteiger partial charge in [-0.2, -0.15) is 0 Å². The number of hydrogen-bond donors (Lipinski definition) is 3. The molecule has 4 rings (SSSR count). The van der Waals surface area contributed by atoms with Crippen LogP contribution in [0.5, 0.6) is 0 Å². The Balaban J connectivity index is 1.87. The van der Waals surface area contributed by atoms with Crippen molar-refractivity contribution in [1.82, 2.24) is 0 Å². The third kappa shape index (κ3) is 4.32. The maximum absolute atomic E-state index is 12.6. The maximum Gasteiger partial charge on any atom is 0.331 e. The number of carbonyl (C=O) groups is 2. The summed E-state index contributed by atoms with van der Waals surface area (Å²) in [5.41, 5.74) is 2.35. The zero-order valence-electron chi connectivity index (χ0n) is 23.6. The van der Waals surface area contributed by atoms with Crippen LogP contribution in [0, 0.1) is 34.0 Å². The van der Waals surface area contributed by atoms with Crippen LogP contribution in [0.1, 0.15) is 93.4 Å². The second-order valence-electron chi connectivity index (χ2n) is 13.2. The summed E-state index contributed by atoms with van der Waals surface area (Å²) >= 11 is 0. The normalized spacial score (nSPS) is 44.1. The number of aliphatic hydroxyl groups excluding tert-OH is 2. The molecule has 0 radical (unpaired) electrons. The van der Waals surface area contributed by atoms with Crippen LogP contribution in [0.2, 0.25) is 0 Å². The van der Waals surface area contributed by atoms with Gasteiger partial charge in [0, 0.05) is 18.4 Å². The van der Waals surface area contributed by atoms with Gasteiger partial charge in [0.25, 0.3) is 0 Å². The van der Waals surface area contributed by atoms with Crippen LogP contribution in [0.3, 0.4) is 0 Å². The molecule has 2 unspecified atom stereocenters. The monoisotopic (exact) mass is 514 g/mol. The lowest BCUT2D eigenvalue weighted by molar-refractivity contribution is -0.146. The van der Waals surface area contributed by atoms with Gasteiger partial charge in [0.05, 0.1) is 12.2 Å². The lowest BCUT2D eigenvalue weighted by Crippen LogP contribution is -2.58. The predicted molar refractivity (Wildman–Crippen MR) is 143 cm³/mol. The molecule has 0 aromatic heterocycles. The molecule has 4 aliphatic rings. The number of aliphatic carboxylic acids is 1. The molecule has 0 amide bonds. The summed E-state index contributed by atoms with van der Waals surface area (Å²) in [6.07, 6.45) is 7.12. The Labute approximate surface area is 221 Å². The molecule has 37 heavy (non-hydrogen) atoms. The first kappa shape index (κ1) is 28.1. The fourth-order valence-electron chi connectivity index (χ4n) is 8.97. The number of hydrogen-bond acceptors (Lipinski definition) is 5. The molecule has 0 spiro atoms. The lowest BCUT2D eigenvalue weighted by atomic mass is 9.40. The van der Waals surface area contributed by atoms with Crippen molar-refractivity contribution in [3.63, 3.8) is 0 Å². The van der Waals surface area contributed by atoms with Gasteiger partial charge in [-0.15, -0.1) is 0 Å². The number of carbonyl (C=O) groups excluding carboxylic acids is 1. The van der Waals surface area contributed by atoms with Crippen molar-refractivity contribution in [2.24, 2.45) is 34.0 Å². The Morgan fingerprint density at radius 1 is 1.11 bits per heavy atom. The molecule has 0 aromatic rings. The SMILES string of the molecule is CC(=O)O[C@H]1C[C@@]2(C)[C@H](/C1=C(\CCC=C(C)C)C(=O)O)C(O)C=C1[C@]2(C)CCC2[C@H](C)[C@H](O)CC[C@]12C. The van der Waals surface area contributed by atoms with E-state index in [4.69, 9.17) is 4.74 Å². The van der Waals surface area contributed by atoms with Crippen LogP contribution in [0.4, 0.5) is 0 Å². The first-order valence-corrected chi connectivity index (χ1v) is 14.0. The first-order chi connectivity index (χ1) is 17.2. The minimum atomic E-state index is -1.00. The molecule has 206 valence electrons. The number of carboxylic acids is 1. The van der Waals surface area contributed by atoms with E-state index in [1.165, 1.54) is 12.5 Å². The summed E-state index contributed by atoms with van der Waals surface area (Å²) in [4.78, 5) is 24.8. The third-order valence-corrected chi connectivity index (χ3v) is 11.0. The Hall–Kier alpha value is -1.92. The minimum Gasteiger partial charge on any atom is -0.478 e. The summed E-state index contributed by atoms with van der Waals surface area (Å²) in [6, 6.07) is 0. The van der Waals surface area contributed by atoms with E-state index in [9.17, 15) is 24.9 Å². The number of esters is 1. The molecule has 0 bridgehead atoms. The molecule has 3 N–H and O–H groups in total. The number of carboxylic acid groups (broad SMARTS) is 1. The van der Waals surface area contributed by atoms with Crippen LogP contribution in [0.15, 0.2) is 34.4 Å². The molecule has 9 atom stereocenters. The van der Waals surface area contributed by atoms with Gasteiger partial charge in [-0.3, -0.25) is 4.79 Å². The van der Waals surface area contributed by atoms with Crippen molar-refractivity contribution < 1.29 is 29.6 Å². The van der Waals surface area contributed by atoms with Crippen molar-refractivity contribution in [2.75, 3.05) is 0 Å². The van der Waals surface area contributed by atoms with Gasteiger partial charge < -0.3 is 20.1 Å². The molecule has 0 saturated heterocycles. The second kappa shape index (κ2) is 9.68. The molecule has 3 saturated carbocycles. The van der Waals surface area contributed by atoms with Crippen molar-refractivity contribution >= 4 is 11.9 Å². The van der Waals surface area contributed by atoms with Gasteiger partial charge in [0.15, 0.2) is 0 Å². The van der Waals surface area contributed by atoms with E-state index in [0.29, 0.717) is 30.8 Å². The Morgan fingerprint density at radius 2 is 1.78 bits per heavy atom. The average Bonchev–Trinajstić information content (AvgIpc) is 3.08. The van der Waals surface area contributed by atoms with Gasteiger partial charge in [-0.05, 0) is 92.4 Å². The quantitative estimate of drug-likeness (QED) is 0.251. The summed E-state index contributed by atoms with van der Waals surface area (Å²) < 4.78 is 5.83. The van der Waals surface area contributed by atoms with Crippen LogP contribution in [-0.2, 0) is 14.3 Å². The van der Waals surface area contributed by atoms with Crippen LogP contribution in [0.25, 0.3) is 0 Å². The summed E-state index contributed by atoms with van der Waals surface area (Å²) in [5, 5.41) is 32.7. The molecule has 0 aliphatic heterocycles. The van der Waals surface area contributed by atoms with Crippen molar-refractivity contribution in [3.8, 4) is 0 Å². The number of fused-ring (bicyclic) bond motifs is 5. The van der Waals surface area contributed by atoms with Crippen LogP contribution in [-0.4, -0.2) is 45.6 Å². The number of aliphatic hydroxyl groups is 2. The standard InChI is InChI=1S/C31H46O6/c1-17(2)9-8-10-20(28(35)36)26-24(37-19(4)32)16-31(7)27(26)23(34)15-25-29(5)13-12-22(33)18(3)21(29)11-14-30(25,31)6/h9,15,18,21-24,27,33-34H,8,10-14,16H2,1-7H3,(H,35,36)/b26-20+/t18-,21?,22+,23?,24-,27-,29-,30-,31-/m0/s1. The highest BCUT2D eigenvalue weighted by Crippen LogP contribution is 2.72. The van der Waals surface area contributed by atoms with Gasteiger partial charge in [-0.25, -0.2) is 4.79 Å². The van der Waals surface area contributed by atoms with Gasteiger partial charge in [0.2, 0.25) is 0 Å². The highest BCUT2D eigenvalue weighted by Gasteiger charge is 2.68. The number of allylic oxidation sites excluding steroid dienone is 3. The third-order valence-electron chi connectivity index (χ3n) is 11.0. The fraction of sp³-hybridized carbons (Fsp3) is 0.742. The zero-order valence-corrected chi connectivity index (χ0v) is 23.6. The highest BCUT2D eigenvalue weighted by molar-refractivity contribution is 5.88. The molecular weight excluding hydrogens is 468 g/mol. The van der Waals surface area contributed by atoms with E-state index in [2.05, 4.69) is 27.7 Å². The largest absolute Gasteiger partial charge is 0.478 e. The first-order valence-electron chi connectivity index (χ1n) is 14.0. The van der Waals surface area contributed by atoms with Crippen LogP contribution < -0.4 is 0 Å². The highest BCUT2D eigenvalue weighted by atomic mass is 16.5. The zero-order chi connectivity index (χ0) is 27.5. The van der Waals surface area contributed by atoms with Crippen molar-refractivity contribution in [3.05, 3.63) is 34.4 Å². The van der Waals surface area contributed by atoms with E-state index in [1.807, 2.05) is 26.0 Å². The molecule has 6 nitrogen and oxygen atoms in total. The fourth-order valence-corrected chi connectivity index (χ4v) is 8.97. The summed E-state index contributed by atoms with van der Waals surface area (Å²) in [7, 11) is 0. The smallest absolute Gasteiger partial charge is 0.331 e. The van der Waals surface area contributed by atoms with Crippen LogP contribution >= 0.6 is 0 Å². The molecular formula is C31H46O6. The minimum absolute atomic E-state index is 0.136. The van der Waals surface area contributed by atoms with E-state index in [-0.39, 0.29) is 28.4 Å². The number of rotatable bonds is 5. The van der Waals surface area contributed by atoms with Crippen molar-refractivity contribution in [1.29, 1.82) is 0 Å². The summed E-state index contributed by atoms with van der Waals surface area (Å²) in [5.74, 6) is -1.35. The van der Waals surface area contributed by atoms with E-state index in [0.717, 1.165) is 31.3 Å². The molecule has 0 aromatic carbocycles. The van der Waals surface area contributed by atoms with E-state index < -0.39 is 35.5 Å². The topological polar surface area (TPSA) is 104 Å². The Morgan fingerprint density at radius 3 is 2.38 bits per heavy atom. The van der Waals surface area contributed by atoms with Gasteiger partial charge in [-0.1, -0.05) is 51.0 Å². The lowest BCUT2D eigenvalue weighted by Gasteiger charge is -2.64. The van der Waals surface area contributed by atoms with Gasteiger partial charge >= 0.3 is 11.9 Å². The second-order valence-corrected chi connectivity index (χ2v) is 13.2. The molecule has 0 heterocycles. The maximum atomic E-state index is 12.6. The Bertz CT molecular complexity index is 1050. The number of ether oxygens (including phenoxy) is 1. The Kier molecular flexibility index (Phi) is 7.35. The predicted octanol–water partition coefficient (Wildman–Crippen LogP) is 5.59. The molecule has 4 aliphatic carbocycles. The summed E-state index contributed by atoms with van der Waals surface area (Å²) in [6.45, 7) is 14.3. The van der Waals surface area contributed by atoms with E-state index in [1.54, 1.807) is 0 Å². The van der Waals surface area contributed by atoms with Crippen molar-refractivity contribution in [2.45, 2.75) is 112 Å². The average molecular weight is 515 g/mol. The van der Waals surface area contributed by atoms with E-state index >= 15 is 0 Å². The molecule has 3 fully saturated rings.